The minimum Gasteiger partial charge on any atom is -0.456 e. The van der Waals surface area contributed by atoms with Gasteiger partial charge in [-0.15, -0.1) is 0 Å². The number of aryl methyl sites for hydroxylation is 4. The predicted octanol–water partition coefficient (Wildman–Crippen LogP) is 10.2. The van der Waals surface area contributed by atoms with E-state index < -0.39 is 25.0 Å². The molecule has 1 heterocycles. The van der Waals surface area contributed by atoms with Crippen LogP contribution in [-0.2, 0) is 20.1 Å². The molecule has 282 valence electrons. The first-order valence-electron chi connectivity index (χ1n) is 18.2. The van der Waals surface area contributed by atoms with E-state index in [0.29, 0.717) is 33.2 Å². The fraction of sp³-hybridized carbons (Fsp3) is 0.279. The van der Waals surface area contributed by atoms with Crippen LogP contribution in [0.2, 0.25) is 0 Å². The summed E-state index contributed by atoms with van der Waals surface area (Å²) in [6.45, 7) is 12.4. The topological polar surface area (TPSA) is 138 Å². The fourth-order valence-electron chi connectivity index (χ4n) is 6.84. The van der Waals surface area contributed by atoms with Gasteiger partial charge in [0, 0.05) is 52.1 Å². The highest BCUT2D eigenvalue weighted by atomic mass is 32.2. The van der Waals surface area contributed by atoms with Crippen molar-refractivity contribution in [1.29, 1.82) is 0 Å². The molecule has 1 atom stereocenters. The summed E-state index contributed by atoms with van der Waals surface area (Å²) in [6.07, 6.45) is 3.60. The van der Waals surface area contributed by atoms with E-state index in [4.69, 9.17) is 9.41 Å². The Morgan fingerprint density at radius 2 is 1.50 bits per heavy atom. The number of nitrogens with zero attached hydrogens (tertiary/aromatic N) is 1. The standard InChI is InChI=1S/C43H47N3O6S2/c1-7-9-10-31(8-2)26-44-53(47,48)42-25-34(54(49,50)51)15-18-37(42)43-35-16-13-32(45-38-19-11-27(3)21-29(38)5)23-40(35)52-41-24-33(14-17-36(41)43)46-39-20-12-28(4)22-30(39)6/h11-25,31,44-45H,7-10,26H2,1-6H3,(H,49,50,51)/b46-33+. The van der Waals surface area contributed by atoms with Crippen LogP contribution in [0.3, 0.4) is 0 Å². The fourth-order valence-corrected chi connectivity index (χ4v) is 8.77. The summed E-state index contributed by atoms with van der Waals surface area (Å²) in [7, 11) is -9.02. The largest absolute Gasteiger partial charge is 0.456 e. The molecule has 0 saturated heterocycles. The van der Waals surface area contributed by atoms with Gasteiger partial charge in [-0.05, 0) is 99.7 Å². The monoisotopic (exact) mass is 765 g/mol. The third-order valence-electron chi connectivity index (χ3n) is 9.88. The predicted molar refractivity (Wildman–Crippen MR) is 217 cm³/mol. The Morgan fingerprint density at radius 1 is 0.778 bits per heavy atom. The number of fused-ring (bicyclic) bond motifs is 2. The maximum atomic E-state index is 14.3. The van der Waals surface area contributed by atoms with Crippen LogP contribution in [-0.4, -0.2) is 27.9 Å². The van der Waals surface area contributed by atoms with Crippen LogP contribution in [0.1, 0.15) is 61.8 Å². The molecular formula is C43H47N3O6S2. The summed E-state index contributed by atoms with van der Waals surface area (Å²) in [6, 6.07) is 27.0. The maximum Gasteiger partial charge on any atom is 0.294 e. The minimum absolute atomic E-state index is 0.104. The Hall–Kier alpha value is -4.81. The average molecular weight is 766 g/mol. The Morgan fingerprint density at radius 3 is 2.19 bits per heavy atom. The molecule has 2 aliphatic rings. The van der Waals surface area contributed by atoms with Crippen LogP contribution in [0.4, 0.5) is 17.1 Å². The molecule has 6 rings (SSSR count). The van der Waals surface area contributed by atoms with Crippen molar-refractivity contribution in [3.63, 3.8) is 0 Å². The highest BCUT2D eigenvalue weighted by Gasteiger charge is 2.28. The second-order valence-corrected chi connectivity index (χ2v) is 17.3. The highest BCUT2D eigenvalue weighted by Crippen LogP contribution is 2.43. The van der Waals surface area contributed by atoms with Crippen molar-refractivity contribution in [2.45, 2.75) is 77.0 Å². The molecule has 54 heavy (non-hydrogen) atoms. The third kappa shape index (κ3) is 8.60. The molecule has 0 spiro atoms. The van der Waals surface area contributed by atoms with E-state index in [-0.39, 0.29) is 22.9 Å². The lowest BCUT2D eigenvalue weighted by Crippen LogP contribution is -2.30. The summed E-state index contributed by atoms with van der Waals surface area (Å²) >= 11 is 0. The SMILES string of the molecule is CCCCC(CC)CNS(=O)(=O)c1cc(S(=O)(=O)O)ccc1-c1c2cc/c(=N\c3ccc(C)cc3C)cc-2oc2cc(Nc3ccc(C)cc3C)ccc12. The van der Waals surface area contributed by atoms with E-state index in [1.54, 1.807) is 0 Å². The molecule has 0 bridgehead atoms. The van der Waals surface area contributed by atoms with Gasteiger partial charge in [-0.1, -0.05) is 74.6 Å². The first kappa shape index (κ1) is 38.9. The molecule has 0 saturated carbocycles. The number of nitrogens with one attached hydrogen (secondary N) is 2. The number of anilines is 2. The zero-order chi connectivity index (χ0) is 38.8. The van der Waals surface area contributed by atoms with Gasteiger partial charge in [-0.2, -0.15) is 8.42 Å². The van der Waals surface area contributed by atoms with Gasteiger partial charge < -0.3 is 9.73 Å². The second kappa shape index (κ2) is 15.9. The van der Waals surface area contributed by atoms with Crippen LogP contribution in [0.15, 0.2) is 110 Å². The molecule has 3 N–H and O–H groups in total. The van der Waals surface area contributed by atoms with Crippen molar-refractivity contribution in [3.8, 4) is 22.5 Å². The molecule has 1 aliphatic heterocycles. The molecule has 1 aliphatic carbocycles. The molecule has 0 aromatic heterocycles. The number of benzene rings is 5. The molecular weight excluding hydrogens is 719 g/mol. The maximum absolute atomic E-state index is 14.3. The Bertz CT molecular complexity index is 2610. The molecule has 0 radical (unpaired) electrons. The van der Waals surface area contributed by atoms with Crippen molar-refractivity contribution in [2.24, 2.45) is 10.9 Å². The van der Waals surface area contributed by atoms with Gasteiger partial charge in [0.1, 0.15) is 11.3 Å². The molecule has 4 aromatic carbocycles. The lowest BCUT2D eigenvalue weighted by atomic mass is 9.93. The van der Waals surface area contributed by atoms with E-state index in [1.807, 2.05) is 95.3 Å². The number of hydrogen-bond acceptors (Lipinski definition) is 7. The molecule has 9 nitrogen and oxygen atoms in total. The van der Waals surface area contributed by atoms with E-state index in [1.165, 1.54) is 12.1 Å². The smallest absolute Gasteiger partial charge is 0.294 e. The highest BCUT2D eigenvalue weighted by molar-refractivity contribution is 7.89. The van der Waals surface area contributed by atoms with E-state index in [0.717, 1.165) is 71.1 Å². The first-order valence-corrected chi connectivity index (χ1v) is 21.2. The quantitative estimate of drug-likeness (QED) is 0.0786. The molecule has 11 heteroatoms. The van der Waals surface area contributed by atoms with Crippen molar-refractivity contribution < 1.29 is 25.8 Å². The van der Waals surface area contributed by atoms with Crippen LogP contribution >= 0.6 is 0 Å². The lowest BCUT2D eigenvalue weighted by Gasteiger charge is -2.20. The number of unbranched alkanes of at least 4 members (excludes halogenated alkanes) is 1. The van der Waals surface area contributed by atoms with Gasteiger partial charge in [0.15, 0.2) is 0 Å². The van der Waals surface area contributed by atoms with Gasteiger partial charge in [-0.25, -0.2) is 18.1 Å². The van der Waals surface area contributed by atoms with Crippen LogP contribution in [0, 0.1) is 33.6 Å². The van der Waals surface area contributed by atoms with Crippen molar-refractivity contribution >= 4 is 48.2 Å². The first-order chi connectivity index (χ1) is 25.7. The van der Waals surface area contributed by atoms with Crippen molar-refractivity contribution in [3.05, 3.63) is 119 Å². The second-order valence-electron chi connectivity index (χ2n) is 14.1. The summed E-state index contributed by atoms with van der Waals surface area (Å²) in [5.41, 5.74) is 8.74. The van der Waals surface area contributed by atoms with Crippen LogP contribution in [0.5, 0.6) is 0 Å². The minimum atomic E-state index is -4.73. The summed E-state index contributed by atoms with van der Waals surface area (Å²) in [5, 5.41) is 4.73. The summed E-state index contributed by atoms with van der Waals surface area (Å²) in [4.78, 5) is 4.11. The van der Waals surface area contributed by atoms with E-state index in [9.17, 15) is 21.4 Å². The van der Waals surface area contributed by atoms with Crippen molar-refractivity contribution in [1.82, 2.24) is 4.72 Å². The summed E-state index contributed by atoms with van der Waals surface area (Å²) < 4.78 is 72.7. The summed E-state index contributed by atoms with van der Waals surface area (Å²) in [5.74, 6) is 0.556. The molecule has 4 aromatic rings. The zero-order valence-corrected chi connectivity index (χ0v) is 33.2. The number of rotatable bonds is 13. The van der Waals surface area contributed by atoms with Gasteiger partial charge in [0.25, 0.3) is 10.1 Å². The van der Waals surface area contributed by atoms with Gasteiger partial charge in [-0.3, -0.25) is 4.55 Å². The Labute approximate surface area is 318 Å². The van der Waals surface area contributed by atoms with Gasteiger partial charge >= 0.3 is 0 Å². The van der Waals surface area contributed by atoms with Crippen LogP contribution < -0.4 is 15.4 Å². The normalized spacial score (nSPS) is 13.1. The average Bonchev–Trinajstić information content (AvgIpc) is 3.12. The molecule has 1 unspecified atom stereocenters. The molecule has 0 amide bonds. The third-order valence-corrected chi connectivity index (χ3v) is 12.2. The van der Waals surface area contributed by atoms with E-state index >= 15 is 0 Å². The van der Waals surface area contributed by atoms with Gasteiger partial charge in [0.05, 0.1) is 20.8 Å². The molecule has 0 fully saturated rings. The lowest BCUT2D eigenvalue weighted by molar-refractivity contribution is 0.443. The van der Waals surface area contributed by atoms with E-state index in [2.05, 4.69) is 29.1 Å². The number of hydrogen-bond donors (Lipinski definition) is 3. The Kier molecular flexibility index (Phi) is 11.4. The van der Waals surface area contributed by atoms with Crippen molar-refractivity contribution in [2.75, 3.05) is 11.9 Å². The van der Waals surface area contributed by atoms with Gasteiger partial charge in [0.2, 0.25) is 10.0 Å². The van der Waals surface area contributed by atoms with Crippen LogP contribution in [0.25, 0.3) is 33.4 Å². The Balaban J connectivity index is 1.59. The zero-order valence-electron chi connectivity index (χ0n) is 31.5. The number of sulfonamides is 1.